The van der Waals surface area contributed by atoms with Gasteiger partial charge in [-0.2, -0.15) is 0 Å². The second kappa shape index (κ2) is 3.97. The number of halogens is 3. The highest BCUT2D eigenvalue weighted by Gasteiger charge is 2.32. The first-order valence-electron chi connectivity index (χ1n) is 4.23. The smallest absolute Gasteiger partial charge is 0.129 e. The van der Waals surface area contributed by atoms with Crippen molar-refractivity contribution in [1.82, 2.24) is 0 Å². The molecule has 5 heteroatoms. The average Bonchev–Trinajstić information content (AvgIpc) is 2.23. The highest BCUT2D eigenvalue weighted by atomic mass is 79.9. The van der Waals surface area contributed by atoms with Crippen LogP contribution in [0.1, 0.15) is 23.3 Å². The van der Waals surface area contributed by atoms with Crippen molar-refractivity contribution in [2.45, 2.75) is 12.2 Å². The number of hydrogen-bond acceptors (Lipinski definition) is 2. The zero-order chi connectivity index (χ0) is 11.2. The molecule has 0 saturated heterocycles. The molecule has 0 amide bonds. The van der Waals surface area contributed by atoms with E-state index < -0.39 is 18.0 Å². The van der Waals surface area contributed by atoms with Gasteiger partial charge in [0.25, 0.3) is 0 Å². The fourth-order valence-electron chi connectivity index (χ4n) is 1.61. The maximum atomic E-state index is 13.5. The molecule has 2 N–H and O–H groups in total. The van der Waals surface area contributed by atoms with Gasteiger partial charge in [-0.1, -0.05) is 44.0 Å². The Bertz CT molecular complexity index is 445. The SMILES string of the molecule is OC1C(Br)=C(Br)C(O)c2c(F)cccc21. The summed E-state index contributed by atoms with van der Waals surface area (Å²) in [6, 6.07) is 4.35. The Hall–Kier alpha value is -0.230. The molecule has 1 aromatic rings. The maximum Gasteiger partial charge on any atom is 0.129 e. The second-order valence-corrected chi connectivity index (χ2v) is 4.95. The van der Waals surface area contributed by atoms with Gasteiger partial charge in [0.2, 0.25) is 0 Å². The van der Waals surface area contributed by atoms with Crippen molar-refractivity contribution in [3.63, 3.8) is 0 Å². The van der Waals surface area contributed by atoms with E-state index in [0.29, 0.717) is 14.5 Å². The molecule has 2 nitrogen and oxygen atoms in total. The first-order chi connectivity index (χ1) is 7.04. The molecule has 2 atom stereocenters. The molecule has 0 heterocycles. The zero-order valence-corrected chi connectivity index (χ0v) is 10.6. The molecule has 1 aliphatic rings. The summed E-state index contributed by atoms with van der Waals surface area (Å²) in [4.78, 5) is 0. The molecule has 15 heavy (non-hydrogen) atoms. The summed E-state index contributed by atoms with van der Waals surface area (Å²) >= 11 is 6.27. The summed E-state index contributed by atoms with van der Waals surface area (Å²) < 4.78 is 14.2. The molecular formula is C10H7Br2FO2. The van der Waals surface area contributed by atoms with Crippen LogP contribution in [0.5, 0.6) is 0 Å². The summed E-state index contributed by atoms with van der Waals surface area (Å²) in [5.74, 6) is -0.518. The number of benzene rings is 1. The lowest BCUT2D eigenvalue weighted by atomic mass is 9.92. The molecular weight excluding hydrogens is 331 g/mol. The fourth-order valence-corrected chi connectivity index (χ4v) is 2.51. The third kappa shape index (κ3) is 1.67. The molecule has 2 rings (SSSR count). The quantitative estimate of drug-likeness (QED) is 0.764. The molecule has 1 aliphatic carbocycles. The van der Waals surface area contributed by atoms with Crippen molar-refractivity contribution in [2.24, 2.45) is 0 Å². The largest absolute Gasteiger partial charge is 0.383 e. The number of aliphatic hydroxyl groups excluding tert-OH is 2. The monoisotopic (exact) mass is 336 g/mol. The van der Waals surface area contributed by atoms with Gasteiger partial charge in [0.15, 0.2) is 0 Å². The Kier molecular flexibility index (Phi) is 2.98. The number of aliphatic hydroxyl groups is 2. The van der Waals surface area contributed by atoms with Crippen LogP contribution in [-0.2, 0) is 0 Å². The summed E-state index contributed by atoms with van der Waals surface area (Å²) in [6.45, 7) is 0. The highest BCUT2D eigenvalue weighted by molar-refractivity contribution is 9.14. The fraction of sp³-hybridized carbons (Fsp3) is 0.200. The third-order valence-corrected chi connectivity index (χ3v) is 4.62. The van der Waals surface area contributed by atoms with Crippen molar-refractivity contribution < 1.29 is 14.6 Å². The van der Waals surface area contributed by atoms with E-state index >= 15 is 0 Å². The first-order valence-corrected chi connectivity index (χ1v) is 5.82. The number of hydrogen-bond donors (Lipinski definition) is 2. The van der Waals surface area contributed by atoms with Gasteiger partial charge in [0.1, 0.15) is 18.0 Å². The van der Waals surface area contributed by atoms with E-state index in [0.717, 1.165) is 0 Å². The van der Waals surface area contributed by atoms with Gasteiger partial charge in [-0.25, -0.2) is 4.39 Å². The topological polar surface area (TPSA) is 40.5 Å². The minimum atomic E-state index is -1.07. The molecule has 0 saturated carbocycles. The van der Waals surface area contributed by atoms with Crippen LogP contribution in [0.4, 0.5) is 4.39 Å². The van der Waals surface area contributed by atoms with E-state index in [4.69, 9.17) is 0 Å². The average molecular weight is 338 g/mol. The lowest BCUT2D eigenvalue weighted by Crippen LogP contribution is -2.16. The Balaban J connectivity index is 2.67. The predicted octanol–water partition coefficient (Wildman–Crippen LogP) is 2.91. The van der Waals surface area contributed by atoms with Crippen molar-refractivity contribution in [3.8, 4) is 0 Å². The van der Waals surface area contributed by atoms with E-state index in [2.05, 4.69) is 31.9 Å². The van der Waals surface area contributed by atoms with Crippen molar-refractivity contribution in [3.05, 3.63) is 44.1 Å². The van der Waals surface area contributed by atoms with Gasteiger partial charge >= 0.3 is 0 Å². The predicted molar refractivity (Wildman–Crippen MR) is 61.2 cm³/mol. The highest BCUT2D eigenvalue weighted by Crippen LogP contribution is 2.45. The van der Waals surface area contributed by atoms with E-state index in [1.54, 1.807) is 6.07 Å². The van der Waals surface area contributed by atoms with Crippen LogP contribution in [0.25, 0.3) is 0 Å². The van der Waals surface area contributed by atoms with E-state index in [-0.39, 0.29) is 5.56 Å². The van der Waals surface area contributed by atoms with Gasteiger partial charge < -0.3 is 10.2 Å². The molecule has 0 spiro atoms. The summed E-state index contributed by atoms with van der Waals surface area (Å²) in [5, 5.41) is 19.6. The van der Waals surface area contributed by atoms with Crippen LogP contribution < -0.4 is 0 Å². The second-order valence-electron chi connectivity index (χ2n) is 3.24. The van der Waals surface area contributed by atoms with Gasteiger partial charge in [-0.15, -0.1) is 0 Å². The van der Waals surface area contributed by atoms with Crippen molar-refractivity contribution >= 4 is 31.9 Å². The normalized spacial score (nSPS) is 25.4. The Morgan fingerprint density at radius 1 is 1.07 bits per heavy atom. The Labute approximate surface area is 103 Å². The first kappa shape index (κ1) is 11.3. The lowest BCUT2D eigenvalue weighted by molar-refractivity contribution is 0.179. The third-order valence-electron chi connectivity index (χ3n) is 2.36. The van der Waals surface area contributed by atoms with Crippen LogP contribution >= 0.6 is 31.9 Å². The van der Waals surface area contributed by atoms with Crippen molar-refractivity contribution in [1.29, 1.82) is 0 Å². The van der Waals surface area contributed by atoms with Crippen LogP contribution in [0, 0.1) is 5.82 Å². The minimum absolute atomic E-state index is 0.125. The molecule has 2 unspecified atom stereocenters. The van der Waals surface area contributed by atoms with Crippen LogP contribution in [-0.4, -0.2) is 10.2 Å². The summed E-state index contributed by atoms with van der Waals surface area (Å²) in [7, 11) is 0. The zero-order valence-electron chi connectivity index (χ0n) is 7.42. The minimum Gasteiger partial charge on any atom is -0.383 e. The maximum absolute atomic E-state index is 13.5. The molecule has 0 aromatic heterocycles. The Morgan fingerprint density at radius 2 is 1.67 bits per heavy atom. The van der Waals surface area contributed by atoms with Gasteiger partial charge in [-0.05, 0) is 11.6 Å². The molecule has 0 bridgehead atoms. The molecule has 0 radical (unpaired) electrons. The van der Waals surface area contributed by atoms with Crippen molar-refractivity contribution in [2.75, 3.05) is 0 Å². The molecule has 1 aromatic carbocycles. The molecule has 80 valence electrons. The molecule has 0 aliphatic heterocycles. The summed E-state index contributed by atoms with van der Waals surface area (Å²) in [6.07, 6.45) is -2.01. The van der Waals surface area contributed by atoms with Gasteiger partial charge in [-0.3, -0.25) is 0 Å². The van der Waals surface area contributed by atoms with Crippen LogP contribution in [0.3, 0.4) is 0 Å². The van der Waals surface area contributed by atoms with Gasteiger partial charge in [0.05, 0.1) is 0 Å². The van der Waals surface area contributed by atoms with Crippen LogP contribution in [0.2, 0.25) is 0 Å². The van der Waals surface area contributed by atoms with E-state index in [1.165, 1.54) is 12.1 Å². The van der Waals surface area contributed by atoms with E-state index in [1.807, 2.05) is 0 Å². The van der Waals surface area contributed by atoms with Gasteiger partial charge in [0, 0.05) is 14.5 Å². The molecule has 0 fully saturated rings. The number of fused-ring (bicyclic) bond motifs is 1. The summed E-state index contributed by atoms with van der Waals surface area (Å²) in [5.41, 5.74) is 0.512. The standard InChI is InChI=1S/C10H7Br2FO2/c11-7-8(12)10(15)6-4(9(7)14)2-1-3-5(6)13/h1-3,9-10,14-15H. The van der Waals surface area contributed by atoms with E-state index in [9.17, 15) is 14.6 Å². The Morgan fingerprint density at radius 3 is 2.33 bits per heavy atom. The lowest BCUT2D eigenvalue weighted by Gasteiger charge is -2.26. The van der Waals surface area contributed by atoms with Crippen LogP contribution in [0.15, 0.2) is 27.2 Å². The number of rotatable bonds is 0.